The van der Waals surface area contributed by atoms with Crippen molar-refractivity contribution >= 4 is 17.5 Å². The highest BCUT2D eigenvalue weighted by atomic mass is 16.5. The zero-order valence-electron chi connectivity index (χ0n) is 12.8. The lowest BCUT2D eigenvalue weighted by Gasteiger charge is -2.23. The molecule has 6 nitrogen and oxygen atoms in total. The first-order valence-corrected chi connectivity index (χ1v) is 7.48. The smallest absolute Gasteiger partial charge is 0.340 e. The number of carbonyl (C=O) groups excluding carboxylic acids is 1. The first-order valence-electron chi connectivity index (χ1n) is 7.48. The number of likely N-dealkylation sites (tertiary alicyclic amines) is 1. The van der Waals surface area contributed by atoms with Crippen LogP contribution in [0.1, 0.15) is 30.1 Å². The molecule has 0 unspecified atom stereocenters. The van der Waals surface area contributed by atoms with Crippen molar-refractivity contribution in [2.24, 2.45) is 0 Å². The number of pyridine rings is 1. The summed E-state index contributed by atoms with van der Waals surface area (Å²) in [6.07, 6.45) is 4.16. The highest BCUT2D eigenvalue weighted by molar-refractivity contribution is 5.97. The van der Waals surface area contributed by atoms with Crippen LogP contribution in [0.3, 0.4) is 0 Å². The van der Waals surface area contributed by atoms with Gasteiger partial charge in [-0.3, -0.25) is 0 Å². The van der Waals surface area contributed by atoms with Gasteiger partial charge in [-0.2, -0.15) is 0 Å². The van der Waals surface area contributed by atoms with Gasteiger partial charge < -0.3 is 20.3 Å². The van der Waals surface area contributed by atoms with E-state index < -0.39 is 5.97 Å². The van der Waals surface area contributed by atoms with E-state index in [4.69, 9.17) is 10.5 Å². The maximum Gasteiger partial charge on any atom is 0.340 e. The van der Waals surface area contributed by atoms with Gasteiger partial charge in [0.05, 0.1) is 17.9 Å². The van der Waals surface area contributed by atoms with Gasteiger partial charge in [0.15, 0.2) is 5.82 Å². The first-order chi connectivity index (χ1) is 10.1. The van der Waals surface area contributed by atoms with E-state index >= 15 is 0 Å². The molecule has 1 aromatic rings. The minimum Gasteiger partial charge on any atom is -0.462 e. The number of ether oxygens (including phenoxy) is 1. The second-order valence-electron chi connectivity index (χ2n) is 5.29. The lowest BCUT2D eigenvalue weighted by molar-refractivity contribution is 0.0527. The van der Waals surface area contributed by atoms with Gasteiger partial charge in [0.25, 0.3) is 0 Å². The maximum atomic E-state index is 11.9. The highest BCUT2D eigenvalue weighted by Gasteiger charge is 2.18. The van der Waals surface area contributed by atoms with Crippen LogP contribution in [0, 0.1) is 0 Å². The molecule has 1 aliphatic heterocycles. The summed E-state index contributed by atoms with van der Waals surface area (Å²) in [5, 5.41) is 0. The summed E-state index contributed by atoms with van der Waals surface area (Å²) in [5.74, 6) is 0.242. The lowest BCUT2D eigenvalue weighted by atomic mass is 10.2. The van der Waals surface area contributed by atoms with Crippen LogP contribution in [0.25, 0.3) is 0 Å². The zero-order chi connectivity index (χ0) is 15.2. The normalized spacial score (nSPS) is 15.1. The predicted molar refractivity (Wildman–Crippen MR) is 83.5 cm³/mol. The summed E-state index contributed by atoms with van der Waals surface area (Å²) in [6.45, 7) is 6.27. The van der Waals surface area contributed by atoms with E-state index in [-0.39, 0.29) is 0 Å². The second kappa shape index (κ2) is 7.26. The number of nitrogens with two attached hydrogens (primary N) is 1. The Bertz CT molecular complexity index is 487. The molecule has 2 heterocycles. The Morgan fingerprint density at radius 2 is 2.19 bits per heavy atom. The van der Waals surface area contributed by atoms with Crippen molar-refractivity contribution in [1.82, 2.24) is 9.88 Å². The Morgan fingerprint density at radius 3 is 2.86 bits per heavy atom. The molecule has 0 atom stereocenters. The van der Waals surface area contributed by atoms with Gasteiger partial charge in [-0.05, 0) is 38.9 Å². The van der Waals surface area contributed by atoms with Gasteiger partial charge in [-0.15, -0.1) is 0 Å². The number of anilines is 2. The standard InChI is InChI=1S/C15H24N4O2/c1-3-21-15(20)12-6-7-17-14(13(12)16)18(2)10-11-19-8-4-5-9-19/h6-7H,3-5,8-11,16H2,1-2H3. The molecular formula is C15H24N4O2. The molecule has 0 aromatic carbocycles. The molecule has 0 amide bonds. The van der Waals surface area contributed by atoms with Crippen LogP contribution in [0.2, 0.25) is 0 Å². The summed E-state index contributed by atoms with van der Waals surface area (Å²) in [6, 6.07) is 1.60. The quantitative estimate of drug-likeness (QED) is 0.799. The molecule has 0 aliphatic carbocycles. The monoisotopic (exact) mass is 292 g/mol. The zero-order valence-corrected chi connectivity index (χ0v) is 12.8. The van der Waals surface area contributed by atoms with E-state index in [1.165, 1.54) is 25.9 Å². The van der Waals surface area contributed by atoms with Gasteiger partial charge in [-0.25, -0.2) is 9.78 Å². The minimum atomic E-state index is -0.397. The molecule has 2 N–H and O–H groups in total. The van der Waals surface area contributed by atoms with Gasteiger partial charge >= 0.3 is 5.97 Å². The van der Waals surface area contributed by atoms with E-state index in [1.54, 1.807) is 19.2 Å². The number of esters is 1. The van der Waals surface area contributed by atoms with Crippen molar-refractivity contribution in [2.75, 3.05) is 50.5 Å². The Hall–Kier alpha value is -1.82. The van der Waals surface area contributed by atoms with E-state index in [9.17, 15) is 4.79 Å². The molecular weight excluding hydrogens is 268 g/mol. The van der Waals surface area contributed by atoms with Crippen molar-refractivity contribution in [1.29, 1.82) is 0 Å². The number of hydrogen-bond acceptors (Lipinski definition) is 6. The molecule has 0 bridgehead atoms. The van der Waals surface area contributed by atoms with Crippen molar-refractivity contribution in [3.63, 3.8) is 0 Å². The topological polar surface area (TPSA) is 71.7 Å². The number of rotatable bonds is 6. The molecule has 2 rings (SSSR count). The van der Waals surface area contributed by atoms with Gasteiger partial charge in [0, 0.05) is 26.3 Å². The molecule has 0 saturated carbocycles. The van der Waals surface area contributed by atoms with Crippen molar-refractivity contribution in [3.05, 3.63) is 17.8 Å². The molecule has 1 aromatic heterocycles. The fourth-order valence-corrected chi connectivity index (χ4v) is 2.56. The number of nitrogen functional groups attached to an aromatic ring is 1. The van der Waals surface area contributed by atoms with Gasteiger partial charge in [-0.1, -0.05) is 0 Å². The van der Waals surface area contributed by atoms with Crippen LogP contribution < -0.4 is 10.6 Å². The van der Waals surface area contributed by atoms with Gasteiger partial charge in [0.1, 0.15) is 0 Å². The van der Waals surface area contributed by atoms with Crippen LogP contribution in [-0.4, -0.2) is 55.7 Å². The number of hydrogen-bond donors (Lipinski definition) is 1. The lowest BCUT2D eigenvalue weighted by Crippen LogP contribution is -2.32. The van der Waals surface area contributed by atoms with E-state index in [0.717, 1.165) is 13.1 Å². The van der Waals surface area contributed by atoms with Crippen molar-refractivity contribution in [3.8, 4) is 0 Å². The maximum absolute atomic E-state index is 11.9. The van der Waals surface area contributed by atoms with Crippen LogP contribution in [0.15, 0.2) is 12.3 Å². The molecule has 21 heavy (non-hydrogen) atoms. The third-order valence-corrected chi connectivity index (χ3v) is 3.78. The summed E-state index contributed by atoms with van der Waals surface area (Å²) in [7, 11) is 1.95. The SMILES string of the molecule is CCOC(=O)c1ccnc(N(C)CCN2CCCC2)c1N. The Morgan fingerprint density at radius 1 is 1.48 bits per heavy atom. The molecule has 1 fully saturated rings. The van der Waals surface area contributed by atoms with Crippen LogP contribution >= 0.6 is 0 Å². The Kier molecular flexibility index (Phi) is 5.38. The predicted octanol–water partition coefficient (Wildman–Crippen LogP) is 1.37. The number of likely N-dealkylation sites (N-methyl/N-ethyl adjacent to an activating group) is 1. The van der Waals surface area contributed by atoms with E-state index in [2.05, 4.69) is 9.88 Å². The average molecular weight is 292 g/mol. The first kappa shape index (κ1) is 15.6. The molecule has 0 spiro atoms. The summed E-state index contributed by atoms with van der Waals surface area (Å²) in [5.41, 5.74) is 6.85. The van der Waals surface area contributed by atoms with Gasteiger partial charge in [0.2, 0.25) is 0 Å². The highest BCUT2D eigenvalue weighted by Crippen LogP contribution is 2.23. The molecule has 1 saturated heterocycles. The average Bonchev–Trinajstić information content (AvgIpc) is 2.98. The largest absolute Gasteiger partial charge is 0.462 e. The van der Waals surface area contributed by atoms with E-state index in [0.29, 0.717) is 23.7 Å². The molecule has 0 radical (unpaired) electrons. The third kappa shape index (κ3) is 3.85. The number of nitrogens with zero attached hydrogens (tertiary/aromatic N) is 3. The fraction of sp³-hybridized carbons (Fsp3) is 0.600. The summed E-state index contributed by atoms with van der Waals surface area (Å²) in [4.78, 5) is 20.6. The van der Waals surface area contributed by atoms with Crippen LogP contribution in [0.5, 0.6) is 0 Å². The minimum absolute atomic E-state index is 0.334. The van der Waals surface area contributed by atoms with E-state index in [1.807, 2.05) is 11.9 Å². The second-order valence-corrected chi connectivity index (χ2v) is 5.29. The molecule has 6 heteroatoms. The number of carbonyl (C=O) groups is 1. The van der Waals surface area contributed by atoms with Crippen molar-refractivity contribution in [2.45, 2.75) is 19.8 Å². The van der Waals surface area contributed by atoms with Crippen LogP contribution in [-0.2, 0) is 4.74 Å². The Labute approximate surface area is 125 Å². The fourth-order valence-electron chi connectivity index (χ4n) is 2.56. The Balaban J connectivity index is 2.04. The number of aromatic nitrogens is 1. The molecule has 1 aliphatic rings. The van der Waals surface area contributed by atoms with Crippen LogP contribution in [0.4, 0.5) is 11.5 Å². The summed E-state index contributed by atoms with van der Waals surface area (Å²) < 4.78 is 5.01. The molecule has 116 valence electrons. The summed E-state index contributed by atoms with van der Waals surface area (Å²) >= 11 is 0. The third-order valence-electron chi connectivity index (χ3n) is 3.78. The van der Waals surface area contributed by atoms with Crippen molar-refractivity contribution < 1.29 is 9.53 Å².